The van der Waals surface area contributed by atoms with E-state index in [1.165, 1.54) is 62.7 Å². The van der Waals surface area contributed by atoms with E-state index in [0.717, 1.165) is 78.4 Å². The smallest absolute Gasteiger partial charge is 0.330 e. The third-order valence-corrected chi connectivity index (χ3v) is 38.5. The van der Waals surface area contributed by atoms with Gasteiger partial charge >= 0.3 is 11.9 Å². The molecule has 12 atom stereocenters. The first-order chi connectivity index (χ1) is 50.6. The highest BCUT2D eigenvalue weighted by Crippen LogP contribution is 2.55. The molecule has 2 aromatic carbocycles. The molecule has 0 spiro atoms. The van der Waals surface area contributed by atoms with Crippen LogP contribution in [-0.4, -0.2) is 130 Å². The number of carbonyl (C=O) groups is 3. The van der Waals surface area contributed by atoms with Gasteiger partial charge in [-0.15, -0.1) is 35.3 Å². The Labute approximate surface area is 691 Å². The molecule has 109 heavy (non-hydrogen) atoms. The molecule has 0 aromatic heterocycles. The van der Waals surface area contributed by atoms with Crippen LogP contribution in [0.15, 0.2) is 131 Å². The molecule has 19 heteroatoms. The summed E-state index contributed by atoms with van der Waals surface area (Å²) >= 11 is 9.70. The molecule has 0 heterocycles. The van der Waals surface area contributed by atoms with Crippen molar-refractivity contribution in [3.8, 4) is 0 Å². The fourth-order valence-electron chi connectivity index (χ4n) is 17.8. The number of aliphatic hydroxyl groups is 1. The summed E-state index contributed by atoms with van der Waals surface area (Å²) in [4.78, 5) is 33.6. The summed E-state index contributed by atoms with van der Waals surface area (Å²) in [7, 11) is -4.75. The molecular weight excluding hydrogens is 1520 g/mol. The average molecular weight is 1670 g/mol. The molecule has 0 bridgehead atoms. The highest BCUT2D eigenvalue weighted by atomic mass is 32.2. The topological polar surface area (TPSA) is 135 Å². The second-order valence-corrected chi connectivity index (χ2v) is 57.8. The van der Waals surface area contributed by atoms with Gasteiger partial charge in [0.25, 0.3) is 0 Å². The van der Waals surface area contributed by atoms with Gasteiger partial charge in [-0.2, -0.15) is 23.5 Å². The summed E-state index contributed by atoms with van der Waals surface area (Å²) in [5.41, 5.74) is 8.34. The number of aliphatic hydroxyl groups excluding tert-OH is 1. The summed E-state index contributed by atoms with van der Waals surface area (Å²) in [5, 5.41) is 10.9. The van der Waals surface area contributed by atoms with Crippen molar-refractivity contribution >= 4 is 119 Å². The lowest BCUT2D eigenvalue weighted by molar-refractivity contribution is -0.135. The van der Waals surface area contributed by atoms with Crippen molar-refractivity contribution in [3.63, 3.8) is 0 Å². The molecule has 4 unspecified atom stereocenters. The molecule has 0 saturated heterocycles. The number of benzene rings is 2. The molecule has 0 amide bonds. The Bertz CT molecular complexity index is 3230. The molecule has 6 aliphatic rings. The van der Waals surface area contributed by atoms with E-state index in [9.17, 15) is 18.9 Å². The van der Waals surface area contributed by atoms with Gasteiger partial charge in [0.05, 0.1) is 20.8 Å². The zero-order valence-electron chi connectivity index (χ0n) is 74.2. The Morgan fingerprint density at radius 1 is 0.422 bits per heavy atom. The second kappa shape index (κ2) is 45.1. The van der Waals surface area contributed by atoms with Crippen LogP contribution in [0.3, 0.4) is 0 Å². The fraction of sp³-hybridized carbons (Fsp3) is 0.700. The molecule has 10 nitrogen and oxygen atoms in total. The molecule has 8 rings (SSSR count). The third kappa shape index (κ3) is 28.6. The predicted octanol–water partition coefficient (Wildman–Crippen LogP) is 24.8. The van der Waals surface area contributed by atoms with Crippen LogP contribution in [0, 0.1) is 71.0 Å². The lowest BCUT2D eigenvalue weighted by atomic mass is 9.71. The Hall–Kier alpha value is -2.04. The van der Waals surface area contributed by atoms with Crippen LogP contribution in [0.1, 0.15) is 188 Å². The maximum atomic E-state index is 14.3. The monoisotopic (exact) mass is 1670 g/mol. The molecular formula is C90H153O10PS5Si3. The van der Waals surface area contributed by atoms with E-state index in [0.29, 0.717) is 69.8 Å². The second-order valence-electron chi connectivity index (χ2n) is 35.9. The van der Waals surface area contributed by atoms with E-state index in [4.69, 9.17) is 23.1 Å². The van der Waals surface area contributed by atoms with Crippen LogP contribution in [0.25, 0.3) is 0 Å². The highest BCUT2D eigenvalue weighted by Gasteiger charge is 2.51. The van der Waals surface area contributed by atoms with Crippen molar-refractivity contribution in [1.82, 2.24) is 0 Å². The van der Waals surface area contributed by atoms with Gasteiger partial charge in [0.2, 0.25) is 0 Å². The minimum absolute atomic E-state index is 0.0367. The number of carbonyl (C=O) groups excluding carboxylic acids is 3. The largest absolute Gasteiger partial charge is 0.466 e. The Morgan fingerprint density at radius 2 is 0.679 bits per heavy atom. The molecule has 0 radical (unpaired) electrons. The molecule has 6 fully saturated rings. The summed E-state index contributed by atoms with van der Waals surface area (Å²) in [6, 6.07) is 20.0. The van der Waals surface area contributed by atoms with Crippen LogP contribution < -0.4 is 10.6 Å². The average Bonchev–Trinajstić information content (AvgIpc) is 0.776. The Balaban J connectivity index is 0.000000351. The van der Waals surface area contributed by atoms with E-state index in [1.54, 1.807) is 17.2 Å². The lowest BCUT2D eigenvalue weighted by Gasteiger charge is -2.50. The maximum Gasteiger partial charge on any atom is 0.330 e. The van der Waals surface area contributed by atoms with Crippen molar-refractivity contribution in [1.29, 1.82) is 0 Å². The van der Waals surface area contributed by atoms with Crippen molar-refractivity contribution in [3.05, 3.63) is 131 Å². The quantitative estimate of drug-likeness (QED) is 0.0378. The fourth-order valence-corrected chi connectivity index (χ4v) is 32.5. The van der Waals surface area contributed by atoms with E-state index in [1.807, 2.05) is 139 Å². The maximum absolute atomic E-state index is 14.3. The zero-order valence-corrected chi connectivity index (χ0v) is 82.2. The van der Waals surface area contributed by atoms with Crippen molar-refractivity contribution in [2.24, 2.45) is 71.0 Å². The van der Waals surface area contributed by atoms with E-state index >= 15 is 0 Å². The van der Waals surface area contributed by atoms with E-state index < -0.39 is 32.1 Å². The first kappa shape index (κ1) is 101. The predicted molar refractivity (Wildman–Crippen MR) is 492 cm³/mol. The Morgan fingerprint density at radius 3 is 0.917 bits per heavy atom. The molecule has 2 aromatic rings. The van der Waals surface area contributed by atoms with Gasteiger partial charge < -0.3 is 32.4 Å². The van der Waals surface area contributed by atoms with Gasteiger partial charge in [0.1, 0.15) is 27.7 Å². The minimum Gasteiger partial charge on any atom is -0.466 e. The lowest BCUT2D eigenvalue weighted by Crippen LogP contribution is -2.51. The van der Waals surface area contributed by atoms with E-state index in [-0.39, 0.29) is 45.2 Å². The van der Waals surface area contributed by atoms with Gasteiger partial charge in [-0.3, -0.25) is 4.79 Å². The number of thioether (sulfide) groups is 5. The van der Waals surface area contributed by atoms with Gasteiger partial charge in [0, 0.05) is 50.3 Å². The van der Waals surface area contributed by atoms with E-state index in [2.05, 4.69) is 210 Å². The molecule has 0 aliphatic heterocycles. The number of esters is 2. The molecule has 6 saturated carbocycles. The standard InChI is InChI=1S/C26H37O2PSSi.C15H28O3SSi.C14H28O2SSi.2C12H22S.C11H16O3/c1-21-19-23(20-22(2)26(21,30-3)28-31(4,5)6)17-18-29(27,24-13-9-7-10-14-24)25-15-11-8-12-16-25;1-11-8-13(10-14(16)17-3)9-12(2)15(11,19-4)18-20(5,6)7;1-11-9-13(7-8-15)10-12(2)14(11,17-3)16-18(4,5)6;2*1-6-11-7-9(2)12(4,13-5)10(3)8-11;1-7-4-9(6-10(12)14-3)5-8(2)11(7)13/h7-17,21-22H,18-20H2,1-6H3;10-12H,8-9H2,1-7H3;7,11-12,15H,8-10H2,1-6H3;2*6,9-10H,7-8H2,1-5H3;6-8H,4-5H2,1-3H3/t21-,22-,26?;11-,12-,15?;11-,12-,14?;;;7-,8-/m111..1/s1. The van der Waals surface area contributed by atoms with Crippen LogP contribution in [0.5, 0.6) is 0 Å². The Kier molecular flexibility index (Phi) is 41.8. The first-order valence-corrected chi connectivity index (χ1v) is 58.8. The van der Waals surface area contributed by atoms with Crippen LogP contribution in [-0.2, 0) is 41.7 Å². The van der Waals surface area contributed by atoms with Gasteiger partial charge in [-0.05, 0) is 254 Å². The van der Waals surface area contributed by atoms with Crippen molar-refractivity contribution in [2.75, 3.05) is 58.3 Å². The number of hydrogen-bond donors (Lipinski definition) is 1. The summed E-state index contributed by atoms with van der Waals surface area (Å²) in [6.07, 6.45) is 36.2. The number of hydrogen-bond acceptors (Lipinski definition) is 15. The molecule has 620 valence electrons. The van der Waals surface area contributed by atoms with Crippen LogP contribution >= 0.6 is 66.0 Å². The highest BCUT2D eigenvalue weighted by molar-refractivity contribution is 8.00. The minimum atomic E-state index is -2.71. The van der Waals surface area contributed by atoms with Gasteiger partial charge in [0.15, 0.2) is 25.0 Å². The summed E-state index contributed by atoms with van der Waals surface area (Å²) in [6.45, 7) is 56.9. The van der Waals surface area contributed by atoms with Gasteiger partial charge in [-0.1, -0.05) is 201 Å². The zero-order chi connectivity index (χ0) is 83.1. The molecule has 6 aliphatic carbocycles. The van der Waals surface area contributed by atoms with Crippen molar-refractivity contribution in [2.45, 2.75) is 271 Å². The normalized spacial score (nSPS) is 31.5. The number of ether oxygens (including phenoxy) is 2. The number of Topliss-reactive ketones (excluding diaryl/α,β-unsaturated/α-hetero) is 1. The third-order valence-electron chi connectivity index (χ3n) is 24.3. The summed E-state index contributed by atoms with van der Waals surface area (Å²) < 4.78 is 44.5. The number of rotatable bonds is 18. The van der Waals surface area contributed by atoms with Crippen LogP contribution in [0.2, 0.25) is 58.9 Å². The summed E-state index contributed by atoms with van der Waals surface area (Å²) in [5.74, 6) is 5.71. The van der Waals surface area contributed by atoms with Crippen LogP contribution in [0.4, 0.5) is 0 Å². The number of ketones is 1. The van der Waals surface area contributed by atoms with Gasteiger partial charge in [-0.25, -0.2) is 9.59 Å². The first-order valence-electron chi connectivity index (χ1n) is 40.5. The van der Waals surface area contributed by atoms with Crippen molar-refractivity contribution < 1.29 is 46.8 Å². The number of allylic oxidation sites excluding steroid dienone is 9. The molecule has 1 N–H and O–H groups in total. The number of methoxy groups -OCH3 is 2. The SMILES string of the molecule is CC=C1CC(C)C(C)(SC)C(C)C1.CC=C1CC(C)C(C)(SC)C(C)C1.COC(=O)C=C1C[C@@H](C)C(=O)[C@H](C)C1.COC(=O)C=C1C[C@@H](C)C(O[Si](C)(C)C)(SC)[C@H](C)C1.CSC1(O[Si](C)(C)C)[C@H](C)CC(=CCO)C[C@H]1C.CSC1(O[Si](C)(C)C)[C@H](C)CC(=CCP(=O)(c2ccccc2)c2ccccc2)C[C@H]1C.